The Morgan fingerprint density at radius 2 is 1.76 bits per heavy atom. The van der Waals surface area contributed by atoms with Crippen LogP contribution in [0.15, 0.2) is 29.3 Å². The van der Waals surface area contributed by atoms with Gasteiger partial charge < -0.3 is 15.0 Å². The molecule has 118 valence electrons. The molecule has 0 aromatic heterocycles. The van der Waals surface area contributed by atoms with Crippen molar-refractivity contribution >= 4 is 5.96 Å². The maximum Gasteiger partial charge on any atom is 0.411 e. The summed E-state index contributed by atoms with van der Waals surface area (Å²) >= 11 is 0. The second-order valence-corrected chi connectivity index (χ2v) is 4.72. The highest BCUT2D eigenvalue weighted by Gasteiger charge is 2.27. The van der Waals surface area contributed by atoms with Crippen LogP contribution in [0.3, 0.4) is 0 Å². The quantitative estimate of drug-likeness (QED) is 0.670. The van der Waals surface area contributed by atoms with E-state index in [2.05, 4.69) is 15.0 Å². The number of halogens is 3. The summed E-state index contributed by atoms with van der Waals surface area (Å²) in [6, 6.07) is 7.21. The molecule has 1 aromatic rings. The van der Waals surface area contributed by atoms with Gasteiger partial charge in [0.05, 0.1) is 6.61 Å². The summed E-state index contributed by atoms with van der Waals surface area (Å²) in [5.74, 6) is 0.757. The van der Waals surface area contributed by atoms with Gasteiger partial charge in [-0.15, -0.1) is 0 Å². The van der Waals surface area contributed by atoms with Crippen molar-refractivity contribution in [1.82, 2.24) is 10.2 Å². The molecule has 4 nitrogen and oxygen atoms in total. The van der Waals surface area contributed by atoms with Crippen LogP contribution in [0, 0.1) is 0 Å². The van der Waals surface area contributed by atoms with Crippen LogP contribution >= 0.6 is 0 Å². The van der Waals surface area contributed by atoms with Crippen LogP contribution in [-0.4, -0.2) is 44.8 Å². The topological polar surface area (TPSA) is 36.9 Å². The predicted molar refractivity (Wildman–Crippen MR) is 76.0 cm³/mol. The van der Waals surface area contributed by atoms with E-state index in [9.17, 15) is 13.2 Å². The van der Waals surface area contributed by atoms with Crippen molar-refractivity contribution in [3.8, 4) is 0 Å². The molecule has 0 fully saturated rings. The first-order valence-corrected chi connectivity index (χ1v) is 6.42. The van der Waals surface area contributed by atoms with E-state index in [0.717, 1.165) is 11.5 Å². The highest BCUT2D eigenvalue weighted by atomic mass is 19.4. The zero-order valence-electron chi connectivity index (χ0n) is 12.4. The van der Waals surface area contributed by atoms with Crippen molar-refractivity contribution in [3.63, 3.8) is 0 Å². The summed E-state index contributed by atoms with van der Waals surface area (Å²) in [6.45, 7) is -0.684. The summed E-state index contributed by atoms with van der Waals surface area (Å²) in [5, 5.41) is 3.16. The van der Waals surface area contributed by atoms with Crippen LogP contribution in [0.2, 0.25) is 0 Å². The predicted octanol–water partition coefficient (Wildman–Crippen LogP) is 2.40. The van der Waals surface area contributed by atoms with Crippen LogP contribution in [0.1, 0.15) is 11.1 Å². The SMILES string of the molecule is CN=C(NCc1ccc(COCC(F)(F)F)cc1)N(C)C. The molecule has 0 aliphatic rings. The average Bonchev–Trinajstić information content (AvgIpc) is 2.39. The lowest BCUT2D eigenvalue weighted by atomic mass is 10.1. The Kier molecular flexibility index (Phi) is 6.48. The fraction of sp³-hybridized carbons (Fsp3) is 0.500. The van der Waals surface area contributed by atoms with Gasteiger partial charge in [-0.25, -0.2) is 0 Å². The Hall–Kier alpha value is -1.76. The van der Waals surface area contributed by atoms with Crippen molar-refractivity contribution < 1.29 is 17.9 Å². The summed E-state index contributed by atoms with van der Waals surface area (Å²) < 4.78 is 40.5. The van der Waals surface area contributed by atoms with Crippen molar-refractivity contribution in [2.24, 2.45) is 4.99 Å². The van der Waals surface area contributed by atoms with Crippen LogP contribution < -0.4 is 5.32 Å². The molecule has 21 heavy (non-hydrogen) atoms. The molecule has 1 N–H and O–H groups in total. The molecule has 0 heterocycles. The Morgan fingerprint density at radius 1 is 1.19 bits per heavy atom. The maximum atomic E-state index is 11.9. The molecule has 0 saturated heterocycles. The van der Waals surface area contributed by atoms with Crippen LogP contribution in [0.5, 0.6) is 0 Å². The third-order valence-corrected chi connectivity index (χ3v) is 2.64. The van der Waals surface area contributed by atoms with Gasteiger partial charge >= 0.3 is 6.18 Å². The number of ether oxygens (including phenoxy) is 1. The normalized spacial score (nSPS) is 12.4. The molecule has 0 spiro atoms. The second kappa shape index (κ2) is 7.87. The van der Waals surface area contributed by atoms with Crippen LogP contribution in [0.4, 0.5) is 13.2 Å². The Morgan fingerprint density at radius 3 is 2.24 bits per heavy atom. The molecule has 0 aliphatic carbocycles. The number of hydrogen-bond acceptors (Lipinski definition) is 2. The first-order valence-electron chi connectivity index (χ1n) is 6.42. The lowest BCUT2D eigenvalue weighted by Crippen LogP contribution is -2.35. The number of nitrogens with zero attached hydrogens (tertiary/aromatic N) is 2. The molecule has 0 amide bonds. The molecule has 0 atom stereocenters. The molecule has 0 bridgehead atoms. The number of aliphatic imine (C=N–C) groups is 1. The lowest BCUT2D eigenvalue weighted by Gasteiger charge is -2.17. The van der Waals surface area contributed by atoms with E-state index in [1.807, 2.05) is 31.1 Å². The van der Waals surface area contributed by atoms with E-state index >= 15 is 0 Å². The van der Waals surface area contributed by atoms with Gasteiger partial charge in [0, 0.05) is 27.7 Å². The van der Waals surface area contributed by atoms with Gasteiger partial charge in [-0.05, 0) is 11.1 Å². The molecular formula is C14H20F3N3O. The van der Waals surface area contributed by atoms with Gasteiger partial charge in [0.2, 0.25) is 0 Å². The summed E-state index contributed by atoms with van der Waals surface area (Å²) in [6.07, 6.45) is -4.29. The van der Waals surface area contributed by atoms with Gasteiger partial charge in [0.1, 0.15) is 6.61 Å². The standard InChI is InChI=1S/C14H20F3N3O/c1-18-13(20(2)3)19-8-11-4-6-12(7-5-11)9-21-10-14(15,16)17/h4-7H,8-10H2,1-3H3,(H,18,19). The minimum Gasteiger partial charge on any atom is -0.367 e. The minimum atomic E-state index is -4.29. The minimum absolute atomic E-state index is 0.0490. The molecule has 1 aromatic carbocycles. The fourth-order valence-corrected chi connectivity index (χ4v) is 1.66. The number of rotatable bonds is 5. The summed E-state index contributed by atoms with van der Waals surface area (Å²) in [4.78, 5) is 5.95. The molecular weight excluding hydrogens is 283 g/mol. The van der Waals surface area contributed by atoms with E-state index in [0.29, 0.717) is 12.1 Å². The third-order valence-electron chi connectivity index (χ3n) is 2.64. The smallest absolute Gasteiger partial charge is 0.367 e. The molecule has 0 radical (unpaired) electrons. The van der Waals surface area contributed by atoms with Crippen LogP contribution in [-0.2, 0) is 17.9 Å². The highest BCUT2D eigenvalue weighted by Crippen LogP contribution is 2.15. The molecule has 1 rings (SSSR count). The number of hydrogen-bond donors (Lipinski definition) is 1. The Bertz CT molecular complexity index is 456. The van der Waals surface area contributed by atoms with Crippen molar-refractivity contribution in [2.45, 2.75) is 19.3 Å². The van der Waals surface area contributed by atoms with Gasteiger partial charge in [-0.3, -0.25) is 4.99 Å². The van der Waals surface area contributed by atoms with Crippen molar-refractivity contribution in [2.75, 3.05) is 27.7 Å². The molecule has 7 heteroatoms. The van der Waals surface area contributed by atoms with Crippen molar-refractivity contribution in [1.29, 1.82) is 0 Å². The van der Waals surface area contributed by atoms with E-state index in [1.54, 1.807) is 19.2 Å². The number of nitrogens with one attached hydrogen (secondary N) is 1. The van der Waals surface area contributed by atoms with Crippen molar-refractivity contribution in [3.05, 3.63) is 35.4 Å². The molecule has 0 unspecified atom stereocenters. The summed E-state index contributed by atoms with van der Waals surface area (Å²) in [5.41, 5.74) is 1.72. The second-order valence-electron chi connectivity index (χ2n) is 4.72. The monoisotopic (exact) mass is 303 g/mol. The zero-order chi connectivity index (χ0) is 15.9. The first kappa shape index (κ1) is 17.3. The van der Waals surface area contributed by atoms with Gasteiger partial charge in [-0.1, -0.05) is 24.3 Å². The average molecular weight is 303 g/mol. The van der Waals surface area contributed by atoms with E-state index in [1.165, 1.54) is 0 Å². The van der Waals surface area contributed by atoms with Gasteiger partial charge in [0.15, 0.2) is 5.96 Å². The lowest BCUT2D eigenvalue weighted by molar-refractivity contribution is -0.176. The number of benzene rings is 1. The summed E-state index contributed by atoms with van der Waals surface area (Å²) in [7, 11) is 5.47. The largest absolute Gasteiger partial charge is 0.411 e. The highest BCUT2D eigenvalue weighted by molar-refractivity contribution is 5.79. The molecule has 0 aliphatic heterocycles. The van der Waals surface area contributed by atoms with Crippen LogP contribution in [0.25, 0.3) is 0 Å². The maximum absolute atomic E-state index is 11.9. The first-order chi connectivity index (χ1) is 9.81. The fourth-order valence-electron chi connectivity index (χ4n) is 1.66. The van der Waals surface area contributed by atoms with E-state index in [4.69, 9.17) is 0 Å². The zero-order valence-corrected chi connectivity index (χ0v) is 12.4. The van der Waals surface area contributed by atoms with E-state index < -0.39 is 12.8 Å². The van der Waals surface area contributed by atoms with Gasteiger partial charge in [-0.2, -0.15) is 13.2 Å². The Labute approximate surface area is 122 Å². The molecule has 0 saturated carbocycles. The number of guanidine groups is 1. The van der Waals surface area contributed by atoms with E-state index in [-0.39, 0.29) is 6.61 Å². The van der Waals surface area contributed by atoms with Gasteiger partial charge in [0.25, 0.3) is 0 Å². The number of alkyl halides is 3. The Balaban J connectivity index is 2.43. The third kappa shape index (κ3) is 6.99.